The number of hydrogen-bond acceptors (Lipinski definition) is 3. The molecule has 2 aliphatic rings. The molecular formula is C16H21ClN2OS. The number of benzene rings is 1. The number of nitrogens with two attached hydrogens (primary N) is 1. The highest BCUT2D eigenvalue weighted by Crippen LogP contribution is 2.41. The average Bonchev–Trinajstić information content (AvgIpc) is 2.98. The van der Waals surface area contributed by atoms with Crippen molar-refractivity contribution in [1.82, 2.24) is 5.32 Å². The lowest BCUT2D eigenvalue weighted by molar-refractivity contribution is -0.131. The minimum absolute atomic E-state index is 0.0662. The molecule has 0 spiro atoms. The molecule has 1 aromatic carbocycles. The van der Waals surface area contributed by atoms with E-state index in [0.29, 0.717) is 6.54 Å². The molecule has 1 amide bonds. The zero-order chi connectivity index (χ0) is 14.9. The number of hydrogen-bond donors (Lipinski definition) is 2. The summed E-state index contributed by atoms with van der Waals surface area (Å²) in [4.78, 5) is 14.0. The molecule has 3 rings (SSSR count). The summed E-state index contributed by atoms with van der Waals surface area (Å²) in [6.07, 6.45) is 4.99. The van der Waals surface area contributed by atoms with Crippen molar-refractivity contribution in [2.24, 2.45) is 11.1 Å². The lowest BCUT2D eigenvalue weighted by Gasteiger charge is -2.32. The molecule has 1 fully saturated rings. The van der Waals surface area contributed by atoms with E-state index in [1.807, 2.05) is 23.9 Å². The molecule has 114 valence electrons. The van der Waals surface area contributed by atoms with Gasteiger partial charge >= 0.3 is 0 Å². The van der Waals surface area contributed by atoms with Crippen LogP contribution in [0.5, 0.6) is 0 Å². The second-order valence-corrected chi connectivity index (χ2v) is 7.61. The molecule has 1 atom stereocenters. The minimum Gasteiger partial charge on any atom is -0.349 e. The zero-order valence-electron chi connectivity index (χ0n) is 12.0. The number of carbonyl (C=O) groups excluding carboxylic acids is 1. The Hall–Kier alpha value is -0.710. The Labute approximate surface area is 135 Å². The molecule has 3 nitrogen and oxygen atoms in total. The van der Waals surface area contributed by atoms with Crippen molar-refractivity contribution < 1.29 is 4.79 Å². The molecule has 1 unspecified atom stereocenters. The molecule has 0 radical (unpaired) electrons. The van der Waals surface area contributed by atoms with Crippen LogP contribution in [-0.4, -0.2) is 18.2 Å². The molecule has 0 saturated heterocycles. The van der Waals surface area contributed by atoms with E-state index in [2.05, 4.69) is 11.4 Å². The highest BCUT2D eigenvalue weighted by Gasteiger charge is 2.41. The van der Waals surface area contributed by atoms with Crippen LogP contribution in [0.1, 0.15) is 43.7 Å². The summed E-state index contributed by atoms with van der Waals surface area (Å²) < 4.78 is 0. The van der Waals surface area contributed by atoms with Gasteiger partial charge in [-0.15, -0.1) is 11.8 Å². The molecule has 5 heteroatoms. The van der Waals surface area contributed by atoms with Crippen molar-refractivity contribution in [3.8, 4) is 0 Å². The molecule has 1 aliphatic carbocycles. The fourth-order valence-corrected chi connectivity index (χ4v) is 4.69. The number of fused-ring (bicyclic) bond motifs is 1. The SMILES string of the molecule is NCC1(C(=O)NC2CCSc3ccc(Cl)cc32)CCCC1. The van der Waals surface area contributed by atoms with Gasteiger partial charge in [0, 0.05) is 22.2 Å². The Balaban J connectivity index is 1.80. The van der Waals surface area contributed by atoms with Gasteiger partial charge in [0.25, 0.3) is 0 Å². The van der Waals surface area contributed by atoms with Crippen LogP contribution in [-0.2, 0) is 4.79 Å². The van der Waals surface area contributed by atoms with Crippen LogP contribution in [0.4, 0.5) is 0 Å². The first-order valence-corrected chi connectivity index (χ1v) is 8.94. The highest BCUT2D eigenvalue weighted by atomic mass is 35.5. The molecule has 1 aromatic rings. The zero-order valence-corrected chi connectivity index (χ0v) is 13.6. The second kappa shape index (κ2) is 6.19. The molecule has 3 N–H and O–H groups in total. The third kappa shape index (κ3) is 2.94. The third-order valence-electron chi connectivity index (χ3n) is 4.75. The van der Waals surface area contributed by atoms with Crippen LogP contribution in [0.2, 0.25) is 5.02 Å². The van der Waals surface area contributed by atoms with Gasteiger partial charge < -0.3 is 11.1 Å². The van der Waals surface area contributed by atoms with Crippen molar-refractivity contribution in [3.63, 3.8) is 0 Å². The number of nitrogens with one attached hydrogen (secondary N) is 1. The van der Waals surface area contributed by atoms with Gasteiger partial charge in [0.1, 0.15) is 0 Å². The van der Waals surface area contributed by atoms with Crippen LogP contribution in [0, 0.1) is 5.41 Å². The smallest absolute Gasteiger partial charge is 0.227 e. The van der Waals surface area contributed by atoms with E-state index in [1.54, 1.807) is 0 Å². The number of thioether (sulfide) groups is 1. The second-order valence-electron chi connectivity index (χ2n) is 6.04. The Morgan fingerprint density at radius 2 is 2.19 bits per heavy atom. The Morgan fingerprint density at radius 3 is 2.90 bits per heavy atom. The highest BCUT2D eigenvalue weighted by molar-refractivity contribution is 7.99. The van der Waals surface area contributed by atoms with Gasteiger partial charge in [0.15, 0.2) is 0 Å². The predicted molar refractivity (Wildman–Crippen MR) is 87.6 cm³/mol. The number of halogens is 1. The van der Waals surface area contributed by atoms with Gasteiger partial charge in [-0.3, -0.25) is 4.79 Å². The van der Waals surface area contributed by atoms with Gasteiger partial charge in [-0.25, -0.2) is 0 Å². The van der Waals surface area contributed by atoms with Crippen molar-refractivity contribution >= 4 is 29.3 Å². The van der Waals surface area contributed by atoms with Crippen molar-refractivity contribution in [1.29, 1.82) is 0 Å². The summed E-state index contributed by atoms with van der Waals surface area (Å²) >= 11 is 7.95. The first kappa shape index (κ1) is 15.2. The van der Waals surface area contributed by atoms with Crippen LogP contribution >= 0.6 is 23.4 Å². The average molecular weight is 325 g/mol. The Bertz CT molecular complexity index is 543. The quantitative estimate of drug-likeness (QED) is 0.894. The summed E-state index contributed by atoms with van der Waals surface area (Å²) in [5.41, 5.74) is 6.71. The summed E-state index contributed by atoms with van der Waals surface area (Å²) in [5.74, 6) is 1.15. The summed E-state index contributed by atoms with van der Waals surface area (Å²) in [6, 6.07) is 6.01. The van der Waals surface area contributed by atoms with Gasteiger partial charge in [-0.1, -0.05) is 24.4 Å². The van der Waals surface area contributed by atoms with E-state index in [4.69, 9.17) is 17.3 Å². The molecule has 0 aromatic heterocycles. The van der Waals surface area contributed by atoms with Crippen molar-refractivity contribution in [2.45, 2.75) is 43.0 Å². The lowest BCUT2D eigenvalue weighted by Crippen LogP contribution is -2.45. The minimum atomic E-state index is -0.344. The van der Waals surface area contributed by atoms with Gasteiger partial charge in [-0.2, -0.15) is 0 Å². The van der Waals surface area contributed by atoms with E-state index in [9.17, 15) is 4.79 Å². The van der Waals surface area contributed by atoms with Crippen molar-refractivity contribution in [3.05, 3.63) is 28.8 Å². The number of rotatable bonds is 3. The molecule has 1 heterocycles. The summed E-state index contributed by atoms with van der Waals surface area (Å²) in [6.45, 7) is 0.447. The van der Waals surface area contributed by atoms with Gasteiger partial charge in [0.2, 0.25) is 5.91 Å². The number of amides is 1. The summed E-state index contributed by atoms with van der Waals surface area (Å²) in [5, 5.41) is 3.97. The van der Waals surface area contributed by atoms with Crippen LogP contribution in [0.15, 0.2) is 23.1 Å². The monoisotopic (exact) mass is 324 g/mol. The third-order valence-corrected chi connectivity index (χ3v) is 6.11. The fourth-order valence-electron chi connectivity index (χ4n) is 3.40. The maximum atomic E-state index is 12.7. The van der Waals surface area contributed by atoms with E-state index < -0.39 is 0 Å². The van der Waals surface area contributed by atoms with Crippen LogP contribution in [0.3, 0.4) is 0 Å². The Morgan fingerprint density at radius 1 is 1.43 bits per heavy atom. The topological polar surface area (TPSA) is 55.1 Å². The first-order chi connectivity index (χ1) is 10.1. The van der Waals surface area contributed by atoms with E-state index in [1.165, 1.54) is 4.90 Å². The maximum Gasteiger partial charge on any atom is 0.227 e. The standard InChI is InChI=1S/C16H21ClN2OS/c17-11-3-4-14-12(9-11)13(5-8-21-14)19-15(20)16(10-18)6-1-2-7-16/h3-4,9,13H,1-2,5-8,10,18H2,(H,19,20). The largest absolute Gasteiger partial charge is 0.349 e. The molecule has 21 heavy (non-hydrogen) atoms. The molecule has 1 saturated carbocycles. The molecular weight excluding hydrogens is 304 g/mol. The number of carbonyl (C=O) groups is 1. The van der Waals surface area contributed by atoms with Gasteiger partial charge in [-0.05, 0) is 43.0 Å². The van der Waals surface area contributed by atoms with Gasteiger partial charge in [0.05, 0.1) is 11.5 Å². The summed E-state index contributed by atoms with van der Waals surface area (Å²) in [7, 11) is 0. The fraction of sp³-hybridized carbons (Fsp3) is 0.562. The van der Waals surface area contributed by atoms with Crippen LogP contribution < -0.4 is 11.1 Å². The Kier molecular flexibility index (Phi) is 4.48. The molecule has 0 bridgehead atoms. The predicted octanol–water partition coefficient (Wildman–Crippen LogP) is 3.51. The van der Waals surface area contributed by atoms with Crippen molar-refractivity contribution in [2.75, 3.05) is 12.3 Å². The molecule has 1 aliphatic heterocycles. The van der Waals surface area contributed by atoms with E-state index >= 15 is 0 Å². The maximum absolute atomic E-state index is 12.7. The van der Waals surface area contributed by atoms with E-state index in [-0.39, 0.29) is 17.4 Å². The normalized spacial score (nSPS) is 23.6. The van der Waals surface area contributed by atoms with Crippen LogP contribution in [0.25, 0.3) is 0 Å². The lowest BCUT2D eigenvalue weighted by atomic mass is 9.84. The van der Waals surface area contributed by atoms with E-state index in [0.717, 1.165) is 48.4 Å². The first-order valence-electron chi connectivity index (χ1n) is 7.58.